The number of rotatable bonds is 3. The zero-order valence-electron chi connectivity index (χ0n) is 13.1. The molecule has 2 heterocycles. The average Bonchev–Trinajstić information content (AvgIpc) is 2.62. The summed E-state index contributed by atoms with van der Waals surface area (Å²) in [6.45, 7) is 3.06. The third kappa shape index (κ3) is 3.57. The number of amides is 1. The maximum Gasteiger partial charge on any atom is 0.243 e. The van der Waals surface area contributed by atoms with Crippen LogP contribution < -0.4 is 0 Å². The number of sulfonamides is 1. The van der Waals surface area contributed by atoms with Crippen molar-refractivity contribution in [1.82, 2.24) is 9.21 Å². The number of morpholine rings is 1. The van der Waals surface area contributed by atoms with E-state index in [0.717, 1.165) is 6.42 Å². The van der Waals surface area contributed by atoms with Crippen molar-refractivity contribution >= 4 is 15.9 Å². The Hall–Kier alpha value is -1.44. The number of hydrogen-bond donors (Lipinski definition) is 0. The van der Waals surface area contributed by atoms with Gasteiger partial charge < -0.3 is 9.64 Å². The first-order valence-electron chi connectivity index (χ1n) is 8.01. The monoisotopic (exact) mass is 338 g/mol. The highest BCUT2D eigenvalue weighted by Crippen LogP contribution is 2.25. The molecule has 0 saturated carbocycles. The standard InChI is InChI=1S/C16H22N2O4S/c19-16(17-9-11-22-12-10-17)14-5-4-8-18(13-14)23(20,21)15-6-2-1-3-7-15/h1-3,6-7,14H,4-5,8-13H2/t14-/m1/s1. The molecule has 0 spiro atoms. The molecule has 0 aromatic heterocycles. The second-order valence-electron chi connectivity index (χ2n) is 5.95. The Morgan fingerprint density at radius 2 is 1.78 bits per heavy atom. The third-order valence-corrected chi connectivity index (χ3v) is 6.32. The molecule has 2 aliphatic rings. The first-order valence-corrected chi connectivity index (χ1v) is 9.45. The van der Waals surface area contributed by atoms with Crippen LogP contribution in [0.3, 0.4) is 0 Å². The fraction of sp³-hybridized carbons (Fsp3) is 0.562. The number of carbonyl (C=O) groups excluding carboxylic acids is 1. The highest BCUT2D eigenvalue weighted by atomic mass is 32.2. The van der Waals surface area contributed by atoms with Crippen molar-refractivity contribution in [2.24, 2.45) is 5.92 Å². The van der Waals surface area contributed by atoms with Gasteiger partial charge >= 0.3 is 0 Å². The molecule has 1 amide bonds. The Labute approximate surface area is 137 Å². The first-order chi connectivity index (χ1) is 11.1. The largest absolute Gasteiger partial charge is 0.378 e. The van der Waals surface area contributed by atoms with Crippen molar-refractivity contribution in [1.29, 1.82) is 0 Å². The van der Waals surface area contributed by atoms with Crippen molar-refractivity contribution in [2.75, 3.05) is 39.4 Å². The van der Waals surface area contributed by atoms with E-state index >= 15 is 0 Å². The number of carbonyl (C=O) groups is 1. The molecule has 2 fully saturated rings. The summed E-state index contributed by atoms with van der Waals surface area (Å²) in [5.41, 5.74) is 0. The van der Waals surface area contributed by atoms with E-state index in [-0.39, 0.29) is 18.4 Å². The van der Waals surface area contributed by atoms with Crippen molar-refractivity contribution in [3.63, 3.8) is 0 Å². The summed E-state index contributed by atoms with van der Waals surface area (Å²) in [4.78, 5) is 14.7. The van der Waals surface area contributed by atoms with Gasteiger partial charge in [0.05, 0.1) is 24.0 Å². The summed E-state index contributed by atoms with van der Waals surface area (Å²) < 4.78 is 32.1. The van der Waals surface area contributed by atoms with E-state index < -0.39 is 10.0 Å². The summed E-state index contributed by atoms with van der Waals surface area (Å²) in [7, 11) is -3.52. The molecule has 23 heavy (non-hydrogen) atoms. The number of piperidine rings is 1. The van der Waals surface area contributed by atoms with Crippen LogP contribution in [0.1, 0.15) is 12.8 Å². The molecule has 3 rings (SSSR count). The Balaban J connectivity index is 1.72. The zero-order chi connectivity index (χ0) is 16.3. The number of nitrogens with zero attached hydrogens (tertiary/aromatic N) is 2. The quantitative estimate of drug-likeness (QED) is 0.823. The number of benzene rings is 1. The van der Waals surface area contributed by atoms with Gasteiger partial charge in [0.1, 0.15) is 0 Å². The highest BCUT2D eigenvalue weighted by molar-refractivity contribution is 7.89. The summed E-state index contributed by atoms with van der Waals surface area (Å²) in [5.74, 6) is -0.193. The van der Waals surface area contributed by atoms with Crippen LogP contribution in [0.25, 0.3) is 0 Å². The lowest BCUT2D eigenvalue weighted by Gasteiger charge is -2.35. The van der Waals surface area contributed by atoms with E-state index in [1.165, 1.54) is 4.31 Å². The van der Waals surface area contributed by atoms with Crippen LogP contribution in [-0.2, 0) is 19.6 Å². The van der Waals surface area contributed by atoms with Gasteiger partial charge in [0.2, 0.25) is 15.9 Å². The van der Waals surface area contributed by atoms with E-state index in [2.05, 4.69) is 0 Å². The molecule has 1 atom stereocenters. The fourth-order valence-electron chi connectivity index (χ4n) is 3.15. The summed E-state index contributed by atoms with van der Waals surface area (Å²) >= 11 is 0. The topological polar surface area (TPSA) is 66.9 Å². The van der Waals surface area contributed by atoms with Crippen LogP contribution in [0.5, 0.6) is 0 Å². The molecule has 0 unspecified atom stereocenters. The molecule has 2 aliphatic heterocycles. The van der Waals surface area contributed by atoms with Gasteiger partial charge in [-0.2, -0.15) is 4.31 Å². The number of hydrogen-bond acceptors (Lipinski definition) is 4. The van der Waals surface area contributed by atoms with E-state index in [1.54, 1.807) is 35.2 Å². The van der Waals surface area contributed by atoms with Gasteiger partial charge in [-0.15, -0.1) is 0 Å². The molecule has 0 aliphatic carbocycles. The predicted molar refractivity (Wildman–Crippen MR) is 85.3 cm³/mol. The smallest absolute Gasteiger partial charge is 0.243 e. The zero-order valence-corrected chi connectivity index (χ0v) is 13.9. The van der Waals surface area contributed by atoms with Gasteiger partial charge in [-0.1, -0.05) is 18.2 Å². The second-order valence-corrected chi connectivity index (χ2v) is 7.89. The SMILES string of the molecule is O=C([C@@H]1CCCN(S(=O)(=O)c2ccccc2)C1)N1CCOCC1. The first kappa shape index (κ1) is 16.4. The molecule has 126 valence electrons. The van der Waals surface area contributed by atoms with Crippen molar-refractivity contribution in [3.8, 4) is 0 Å². The van der Waals surface area contributed by atoms with Crippen molar-refractivity contribution in [3.05, 3.63) is 30.3 Å². The molecule has 0 radical (unpaired) electrons. The Morgan fingerprint density at radius 1 is 1.09 bits per heavy atom. The van der Waals surface area contributed by atoms with Crippen LogP contribution >= 0.6 is 0 Å². The highest BCUT2D eigenvalue weighted by Gasteiger charge is 2.35. The van der Waals surface area contributed by atoms with Crippen molar-refractivity contribution in [2.45, 2.75) is 17.7 Å². The van der Waals surface area contributed by atoms with Crippen LogP contribution in [0, 0.1) is 5.92 Å². The van der Waals surface area contributed by atoms with Gasteiger partial charge in [0.15, 0.2) is 0 Å². The third-order valence-electron chi connectivity index (χ3n) is 4.44. The Bertz CT molecular complexity index is 641. The summed E-state index contributed by atoms with van der Waals surface area (Å²) in [6.07, 6.45) is 1.46. The van der Waals surface area contributed by atoms with Gasteiger partial charge in [-0.3, -0.25) is 4.79 Å². The molecular formula is C16H22N2O4S. The fourth-order valence-corrected chi connectivity index (χ4v) is 4.69. The minimum absolute atomic E-state index is 0.0567. The van der Waals surface area contributed by atoms with Gasteiger partial charge in [0.25, 0.3) is 0 Å². The van der Waals surface area contributed by atoms with Crippen LogP contribution in [0.2, 0.25) is 0 Å². The Kier molecular flexibility index (Phi) is 4.99. The minimum atomic E-state index is -3.52. The van der Waals surface area contributed by atoms with Gasteiger partial charge in [0, 0.05) is 26.2 Å². The Morgan fingerprint density at radius 3 is 2.48 bits per heavy atom. The molecule has 2 saturated heterocycles. The lowest BCUT2D eigenvalue weighted by molar-refractivity contribution is -0.140. The lowest BCUT2D eigenvalue weighted by Crippen LogP contribution is -2.49. The van der Waals surface area contributed by atoms with Crippen LogP contribution in [0.4, 0.5) is 0 Å². The molecular weight excluding hydrogens is 316 g/mol. The lowest BCUT2D eigenvalue weighted by atomic mass is 9.98. The molecule has 0 N–H and O–H groups in total. The molecule has 1 aromatic carbocycles. The van der Waals surface area contributed by atoms with E-state index in [9.17, 15) is 13.2 Å². The maximum absolute atomic E-state index is 12.7. The normalized spacial score (nSPS) is 23.7. The minimum Gasteiger partial charge on any atom is -0.378 e. The average molecular weight is 338 g/mol. The van der Waals surface area contributed by atoms with E-state index in [0.29, 0.717) is 44.2 Å². The van der Waals surface area contributed by atoms with E-state index in [4.69, 9.17) is 4.74 Å². The molecule has 1 aromatic rings. The molecule has 7 heteroatoms. The van der Waals surface area contributed by atoms with Crippen LogP contribution in [0.15, 0.2) is 35.2 Å². The van der Waals surface area contributed by atoms with Crippen molar-refractivity contribution < 1.29 is 17.9 Å². The van der Waals surface area contributed by atoms with E-state index in [1.807, 2.05) is 0 Å². The molecule has 0 bridgehead atoms. The predicted octanol–water partition coefficient (Wildman–Crippen LogP) is 0.946. The van der Waals surface area contributed by atoms with Gasteiger partial charge in [-0.25, -0.2) is 8.42 Å². The maximum atomic E-state index is 12.7. The summed E-state index contributed by atoms with van der Waals surface area (Å²) in [6, 6.07) is 8.42. The second kappa shape index (κ2) is 6.98. The number of ether oxygens (including phenoxy) is 1. The summed E-state index contributed by atoms with van der Waals surface area (Å²) in [5, 5.41) is 0. The molecule has 6 nitrogen and oxygen atoms in total. The van der Waals surface area contributed by atoms with Gasteiger partial charge in [-0.05, 0) is 25.0 Å². The van der Waals surface area contributed by atoms with Crippen LogP contribution in [-0.4, -0.2) is 62.9 Å².